The minimum atomic E-state index is -2.73. The van der Waals surface area contributed by atoms with E-state index >= 15 is 0 Å². The normalized spacial score (nSPS) is 12.1. The Morgan fingerprint density at radius 3 is 1.65 bits per heavy atom. The van der Waals surface area contributed by atoms with Gasteiger partial charge in [-0.1, -0.05) is 38.1 Å². The van der Waals surface area contributed by atoms with Crippen LogP contribution in [-0.2, 0) is 19.7 Å². The zero-order valence-corrected chi connectivity index (χ0v) is 14.4. The van der Waals surface area contributed by atoms with E-state index in [0.717, 1.165) is 11.6 Å². The Kier molecular flexibility index (Phi) is 7.44. The van der Waals surface area contributed by atoms with Crippen LogP contribution in [0.1, 0.15) is 40.2 Å². The Bertz CT molecular complexity index is 359. The van der Waals surface area contributed by atoms with Crippen LogP contribution in [0.2, 0.25) is 0 Å². The van der Waals surface area contributed by atoms with Gasteiger partial charge in [0, 0.05) is 25.0 Å². The first-order valence-corrected chi connectivity index (χ1v) is 9.31. The Labute approximate surface area is 124 Å². The summed E-state index contributed by atoms with van der Waals surface area (Å²) in [6.45, 7) is 12.2. The maximum atomic E-state index is 5.91. The molecule has 0 aromatic heterocycles. The fourth-order valence-corrected chi connectivity index (χ4v) is 4.73. The molecule has 20 heavy (non-hydrogen) atoms. The predicted molar refractivity (Wildman–Crippen MR) is 85.3 cm³/mol. The van der Waals surface area contributed by atoms with Gasteiger partial charge < -0.3 is 13.3 Å². The molecule has 1 rings (SSSR count). The van der Waals surface area contributed by atoms with Crippen LogP contribution in [0.3, 0.4) is 0 Å². The molecule has 0 aliphatic rings. The average molecular weight is 296 g/mol. The largest absolute Gasteiger partial charge is 0.537 e. The lowest BCUT2D eigenvalue weighted by molar-refractivity contribution is 0.0859. The van der Waals surface area contributed by atoms with Crippen molar-refractivity contribution in [1.29, 1.82) is 0 Å². The van der Waals surface area contributed by atoms with Crippen molar-refractivity contribution in [2.45, 2.75) is 41.0 Å². The maximum Gasteiger partial charge on any atom is 0.537 e. The zero-order valence-electron chi connectivity index (χ0n) is 13.4. The van der Waals surface area contributed by atoms with Crippen LogP contribution in [-0.4, -0.2) is 28.6 Å². The fourth-order valence-electron chi connectivity index (χ4n) is 2.26. The summed E-state index contributed by atoms with van der Waals surface area (Å²) >= 11 is 0. The monoisotopic (exact) mass is 296 g/mol. The first-order chi connectivity index (χ1) is 9.57. The minimum Gasteiger partial charge on any atom is -0.370 e. The molecule has 0 radical (unpaired) electrons. The van der Waals surface area contributed by atoms with Gasteiger partial charge in [-0.05, 0) is 38.7 Å². The molecule has 0 bridgehead atoms. The Hall–Kier alpha value is -0.683. The highest BCUT2D eigenvalue weighted by Crippen LogP contribution is 2.13. The van der Waals surface area contributed by atoms with Crippen molar-refractivity contribution in [2.75, 3.05) is 19.8 Å². The van der Waals surface area contributed by atoms with E-state index in [1.807, 2.05) is 20.8 Å². The van der Waals surface area contributed by atoms with Gasteiger partial charge in [0.1, 0.15) is 0 Å². The topological polar surface area (TPSA) is 27.7 Å². The van der Waals surface area contributed by atoms with Gasteiger partial charge in [-0.3, -0.25) is 0 Å². The summed E-state index contributed by atoms with van der Waals surface area (Å²) in [7, 11) is -2.73. The van der Waals surface area contributed by atoms with Crippen LogP contribution in [0.4, 0.5) is 0 Å². The predicted octanol–water partition coefficient (Wildman–Crippen LogP) is 3.14. The van der Waals surface area contributed by atoms with Gasteiger partial charge in [-0.2, -0.15) is 0 Å². The van der Waals surface area contributed by atoms with Crippen LogP contribution in [0.5, 0.6) is 0 Å². The minimum absolute atomic E-state index is 0.597. The van der Waals surface area contributed by atoms with E-state index < -0.39 is 8.80 Å². The lowest BCUT2D eigenvalue weighted by Crippen LogP contribution is -2.56. The number of hydrogen-bond donors (Lipinski definition) is 0. The van der Waals surface area contributed by atoms with Gasteiger partial charge >= 0.3 is 8.80 Å². The molecule has 1 aromatic carbocycles. The molecule has 114 valence electrons. The van der Waals surface area contributed by atoms with Gasteiger partial charge in [-0.25, -0.2) is 0 Å². The van der Waals surface area contributed by atoms with Gasteiger partial charge in [0.2, 0.25) is 0 Å². The van der Waals surface area contributed by atoms with Crippen LogP contribution in [0.25, 0.3) is 0 Å². The van der Waals surface area contributed by atoms with E-state index in [1.165, 1.54) is 5.56 Å². The molecule has 1 aromatic rings. The van der Waals surface area contributed by atoms with Gasteiger partial charge in [0.15, 0.2) is 0 Å². The molecule has 0 atom stereocenters. The summed E-state index contributed by atoms with van der Waals surface area (Å²) in [5.41, 5.74) is 1.34. The lowest BCUT2D eigenvalue weighted by Gasteiger charge is -2.28. The van der Waals surface area contributed by atoms with Gasteiger partial charge in [0.05, 0.1) is 0 Å². The van der Waals surface area contributed by atoms with E-state index in [4.69, 9.17) is 13.3 Å². The molecule has 0 amide bonds. The third-order valence-corrected chi connectivity index (χ3v) is 6.00. The molecule has 0 aliphatic heterocycles. The van der Waals surface area contributed by atoms with E-state index in [1.54, 1.807) is 0 Å². The van der Waals surface area contributed by atoms with E-state index in [9.17, 15) is 0 Å². The Morgan fingerprint density at radius 1 is 0.850 bits per heavy atom. The maximum absolute atomic E-state index is 5.91. The summed E-state index contributed by atoms with van der Waals surface area (Å²) in [5, 5.41) is 1.05. The number of rotatable bonds is 9. The Balaban J connectivity index is 3.00. The van der Waals surface area contributed by atoms with E-state index in [2.05, 4.69) is 38.1 Å². The molecule has 0 saturated carbocycles. The second-order valence-electron chi connectivity index (χ2n) is 5.15. The lowest BCUT2D eigenvalue weighted by atomic mass is 10.0. The van der Waals surface area contributed by atoms with Crippen molar-refractivity contribution in [2.24, 2.45) is 5.92 Å². The van der Waals surface area contributed by atoms with Gasteiger partial charge in [0.25, 0.3) is 0 Å². The summed E-state index contributed by atoms with van der Waals surface area (Å²) in [6, 6.07) is 8.53. The molecule has 0 aliphatic carbocycles. The highest BCUT2D eigenvalue weighted by Gasteiger charge is 2.43. The van der Waals surface area contributed by atoms with Crippen LogP contribution in [0.15, 0.2) is 24.3 Å². The molecule has 0 heterocycles. The molecule has 0 N–H and O–H groups in total. The SMILES string of the molecule is CCO[Si](OCC)(OCC)c1ccc(CC(C)C)cc1. The summed E-state index contributed by atoms with van der Waals surface area (Å²) in [6.07, 6.45) is 1.09. The van der Waals surface area contributed by atoms with Crippen LogP contribution >= 0.6 is 0 Å². The second-order valence-corrected chi connectivity index (χ2v) is 7.71. The third kappa shape index (κ3) is 4.70. The molecular weight excluding hydrogens is 268 g/mol. The van der Waals surface area contributed by atoms with Crippen molar-refractivity contribution in [1.82, 2.24) is 0 Å². The fraction of sp³-hybridized carbons (Fsp3) is 0.625. The van der Waals surface area contributed by atoms with Crippen molar-refractivity contribution >= 4 is 14.0 Å². The van der Waals surface area contributed by atoms with Crippen molar-refractivity contribution in [3.8, 4) is 0 Å². The molecule has 0 spiro atoms. The number of benzene rings is 1. The summed E-state index contributed by atoms with van der Waals surface area (Å²) in [5.74, 6) is 0.661. The molecule has 4 heteroatoms. The van der Waals surface area contributed by atoms with Crippen molar-refractivity contribution < 1.29 is 13.3 Å². The first-order valence-electron chi connectivity index (χ1n) is 7.59. The summed E-state index contributed by atoms with van der Waals surface area (Å²) in [4.78, 5) is 0. The molecule has 0 fully saturated rings. The van der Waals surface area contributed by atoms with Crippen molar-refractivity contribution in [3.05, 3.63) is 29.8 Å². The third-order valence-electron chi connectivity index (χ3n) is 2.95. The standard InChI is InChI=1S/C16H28O3Si/c1-6-17-20(18-7-2,19-8-3)16-11-9-15(10-12-16)13-14(4)5/h9-12,14H,6-8,13H2,1-5H3. The zero-order chi connectivity index (χ0) is 15.0. The van der Waals surface area contributed by atoms with Crippen LogP contribution in [0, 0.1) is 5.92 Å². The van der Waals surface area contributed by atoms with Crippen LogP contribution < -0.4 is 5.19 Å². The number of hydrogen-bond acceptors (Lipinski definition) is 3. The molecule has 0 saturated heterocycles. The quantitative estimate of drug-likeness (QED) is 0.655. The highest BCUT2D eigenvalue weighted by atomic mass is 28.4. The van der Waals surface area contributed by atoms with Gasteiger partial charge in [-0.15, -0.1) is 0 Å². The van der Waals surface area contributed by atoms with E-state index in [-0.39, 0.29) is 0 Å². The molecule has 3 nitrogen and oxygen atoms in total. The Morgan fingerprint density at radius 2 is 1.30 bits per heavy atom. The summed E-state index contributed by atoms with van der Waals surface area (Å²) < 4.78 is 17.7. The second kappa shape index (κ2) is 8.57. The van der Waals surface area contributed by atoms with E-state index in [0.29, 0.717) is 25.7 Å². The van der Waals surface area contributed by atoms with Crippen molar-refractivity contribution in [3.63, 3.8) is 0 Å². The average Bonchev–Trinajstić information content (AvgIpc) is 2.39. The first kappa shape index (κ1) is 17.4. The smallest absolute Gasteiger partial charge is 0.370 e. The highest BCUT2D eigenvalue weighted by molar-refractivity contribution is 6.75. The molecule has 0 unspecified atom stereocenters. The molecular formula is C16H28O3Si.